The van der Waals surface area contributed by atoms with Crippen LogP contribution in [0, 0.1) is 12.8 Å². The Labute approximate surface area is 148 Å². The third-order valence-electron chi connectivity index (χ3n) is 5.66. The van der Waals surface area contributed by atoms with E-state index in [0.717, 1.165) is 48.0 Å². The van der Waals surface area contributed by atoms with E-state index >= 15 is 0 Å². The maximum absolute atomic E-state index is 13.1. The Bertz CT molecular complexity index is 806. The molecule has 2 aromatic rings. The highest BCUT2D eigenvalue weighted by atomic mass is 16.2. The predicted octanol–water partition coefficient (Wildman–Crippen LogP) is 2.95. The number of H-pyrrole nitrogens is 1. The highest BCUT2D eigenvalue weighted by Gasteiger charge is 2.31. The van der Waals surface area contributed by atoms with Gasteiger partial charge in [-0.15, -0.1) is 0 Å². The van der Waals surface area contributed by atoms with Crippen molar-refractivity contribution < 1.29 is 9.59 Å². The van der Waals surface area contributed by atoms with Gasteiger partial charge >= 0.3 is 0 Å². The van der Waals surface area contributed by atoms with E-state index in [9.17, 15) is 9.59 Å². The summed E-state index contributed by atoms with van der Waals surface area (Å²) in [6, 6.07) is 7.94. The van der Waals surface area contributed by atoms with Crippen molar-refractivity contribution in [2.24, 2.45) is 5.92 Å². The van der Waals surface area contributed by atoms with Crippen LogP contribution in [0.4, 0.5) is 0 Å². The van der Waals surface area contributed by atoms with Crippen molar-refractivity contribution in [2.45, 2.75) is 32.6 Å². The number of hydrogen-bond donors (Lipinski definition) is 1. The van der Waals surface area contributed by atoms with Crippen molar-refractivity contribution >= 4 is 22.7 Å². The van der Waals surface area contributed by atoms with E-state index in [2.05, 4.69) is 4.98 Å². The van der Waals surface area contributed by atoms with Gasteiger partial charge in [0.05, 0.1) is 5.56 Å². The number of para-hydroxylation sites is 1. The predicted molar refractivity (Wildman–Crippen MR) is 97.5 cm³/mol. The molecule has 1 aliphatic carbocycles. The lowest BCUT2D eigenvalue weighted by atomic mass is 9.84. The number of aryl methyl sites for hydroxylation is 1. The molecule has 2 aliphatic rings. The van der Waals surface area contributed by atoms with Gasteiger partial charge in [0.15, 0.2) is 0 Å². The molecule has 0 bridgehead atoms. The molecule has 5 nitrogen and oxygen atoms in total. The normalized spacial score (nSPS) is 18.9. The number of hydrogen-bond acceptors (Lipinski definition) is 2. The molecule has 5 heteroatoms. The number of carbonyl (C=O) groups is 2. The molecule has 4 rings (SSSR count). The van der Waals surface area contributed by atoms with Gasteiger partial charge in [0, 0.05) is 48.7 Å². The van der Waals surface area contributed by atoms with Gasteiger partial charge in [-0.2, -0.15) is 0 Å². The Balaban J connectivity index is 1.50. The summed E-state index contributed by atoms with van der Waals surface area (Å²) >= 11 is 0. The zero-order valence-electron chi connectivity index (χ0n) is 14.8. The minimum absolute atomic E-state index is 0.0768. The monoisotopic (exact) mass is 339 g/mol. The zero-order chi connectivity index (χ0) is 17.4. The fraction of sp³-hybridized carbons (Fsp3) is 0.500. The number of benzene rings is 1. The molecule has 2 heterocycles. The summed E-state index contributed by atoms with van der Waals surface area (Å²) in [6.07, 6.45) is 4.10. The highest BCUT2D eigenvalue weighted by molar-refractivity contribution is 6.08. The zero-order valence-corrected chi connectivity index (χ0v) is 14.8. The average Bonchev–Trinajstić information content (AvgIpc) is 2.73. The smallest absolute Gasteiger partial charge is 0.256 e. The minimum Gasteiger partial charge on any atom is -0.358 e. The summed E-state index contributed by atoms with van der Waals surface area (Å²) in [4.78, 5) is 32.8. The van der Waals surface area contributed by atoms with E-state index in [4.69, 9.17) is 0 Å². The lowest BCUT2D eigenvalue weighted by molar-refractivity contribution is -0.138. The Morgan fingerprint density at radius 2 is 1.72 bits per heavy atom. The molecule has 25 heavy (non-hydrogen) atoms. The summed E-state index contributed by atoms with van der Waals surface area (Å²) < 4.78 is 0. The van der Waals surface area contributed by atoms with Gasteiger partial charge in [0.25, 0.3) is 5.91 Å². The van der Waals surface area contributed by atoms with Crippen LogP contribution in [0.25, 0.3) is 10.9 Å². The summed E-state index contributed by atoms with van der Waals surface area (Å²) in [5.74, 6) is 0.606. The van der Waals surface area contributed by atoms with E-state index in [-0.39, 0.29) is 11.8 Å². The number of carbonyl (C=O) groups excluding carboxylic acids is 2. The first-order valence-corrected chi connectivity index (χ1v) is 9.30. The average molecular weight is 339 g/mol. The number of rotatable bonds is 2. The summed E-state index contributed by atoms with van der Waals surface area (Å²) in [5.41, 5.74) is 2.69. The first kappa shape index (κ1) is 16.2. The molecular formula is C20H25N3O2. The Morgan fingerprint density at radius 3 is 2.48 bits per heavy atom. The summed E-state index contributed by atoms with van der Waals surface area (Å²) in [5, 5.41) is 0.983. The van der Waals surface area contributed by atoms with E-state index in [0.29, 0.717) is 25.5 Å². The molecule has 0 unspecified atom stereocenters. The molecule has 2 amide bonds. The first-order valence-electron chi connectivity index (χ1n) is 9.30. The Morgan fingerprint density at radius 1 is 1.00 bits per heavy atom. The maximum atomic E-state index is 13.1. The fourth-order valence-corrected chi connectivity index (χ4v) is 3.96. The largest absolute Gasteiger partial charge is 0.358 e. The third kappa shape index (κ3) is 2.92. The molecule has 1 N–H and O–H groups in total. The van der Waals surface area contributed by atoms with Crippen LogP contribution in [0.5, 0.6) is 0 Å². The van der Waals surface area contributed by atoms with Gasteiger partial charge < -0.3 is 14.8 Å². The van der Waals surface area contributed by atoms with Crippen molar-refractivity contribution in [3.05, 3.63) is 35.5 Å². The summed E-state index contributed by atoms with van der Waals surface area (Å²) in [7, 11) is 0. The molecule has 0 atom stereocenters. The number of fused-ring (bicyclic) bond motifs is 1. The quantitative estimate of drug-likeness (QED) is 0.914. The number of aromatic nitrogens is 1. The molecule has 1 aliphatic heterocycles. The van der Waals surface area contributed by atoms with Crippen LogP contribution >= 0.6 is 0 Å². The maximum Gasteiger partial charge on any atom is 0.256 e. The minimum atomic E-state index is 0.0768. The fourth-order valence-electron chi connectivity index (χ4n) is 3.96. The van der Waals surface area contributed by atoms with Crippen molar-refractivity contribution in [2.75, 3.05) is 26.2 Å². The van der Waals surface area contributed by atoms with Gasteiger partial charge in [0.1, 0.15) is 0 Å². The Hall–Kier alpha value is -2.30. The lowest BCUT2D eigenvalue weighted by Crippen LogP contribution is -2.41. The van der Waals surface area contributed by atoms with E-state index in [1.165, 1.54) is 6.42 Å². The molecule has 0 radical (unpaired) electrons. The van der Waals surface area contributed by atoms with Gasteiger partial charge in [-0.1, -0.05) is 24.6 Å². The third-order valence-corrected chi connectivity index (χ3v) is 5.66. The van der Waals surface area contributed by atoms with E-state index in [1.54, 1.807) is 0 Å². The molecule has 0 spiro atoms. The van der Waals surface area contributed by atoms with Crippen molar-refractivity contribution in [3.63, 3.8) is 0 Å². The molecule has 2 fully saturated rings. The second-order valence-electron chi connectivity index (χ2n) is 7.27. The number of amides is 2. The van der Waals surface area contributed by atoms with Crippen LogP contribution in [0.3, 0.4) is 0 Å². The van der Waals surface area contributed by atoms with Gasteiger partial charge in [-0.25, -0.2) is 0 Å². The second-order valence-corrected chi connectivity index (χ2v) is 7.27. The molecule has 1 saturated carbocycles. The van der Waals surface area contributed by atoms with E-state index < -0.39 is 0 Å². The standard InChI is InChI=1S/C20H25N3O2/c1-14-18(16-8-2-3-9-17(16)21-14)20(25)23-11-5-10-22(12-13-23)19(24)15-6-4-7-15/h2-3,8-9,15,21H,4-7,10-13H2,1H3. The van der Waals surface area contributed by atoms with Gasteiger partial charge in [0.2, 0.25) is 5.91 Å². The summed E-state index contributed by atoms with van der Waals surface area (Å²) in [6.45, 7) is 4.72. The van der Waals surface area contributed by atoms with Crippen molar-refractivity contribution in [1.29, 1.82) is 0 Å². The Kier molecular flexibility index (Phi) is 4.24. The first-order chi connectivity index (χ1) is 12.1. The number of nitrogens with zero attached hydrogens (tertiary/aromatic N) is 2. The second kappa shape index (κ2) is 6.54. The van der Waals surface area contributed by atoms with Crippen LogP contribution in [0.1, 0.15) is 41.7 Å². The van der Waals surface area contributed by atoms with Crippen LogP contribution in [-0.2, 0) is 4.79 Å². The van der Waals surface area contributed by atoms with Crippen LogP contribution in [0.15, 0.2) is 24.3 Å². The van der Waals surface area contributed by atoms with Crippen molar-refractivity contribution in [3.8, 4) is 0 Å². The molecule has 1 aromatic heterocycles. The lowest BCUT2D eigenvalue weighted by Gasteiger charge is -2.31. The van der Waals surface area contributed by atoms with E-state index in [1.807, 2.05) is 41.0 Å². The number of nitrogens with one attached hydrogen (secondary N) is 1. The topological polar surface area (TPSA) is 56.4 Å². The van der Waals surface area contributed by atoms with Crippen LogP contribution in [-0.4, -0.2) is 52.8 Å². The number of aromatic amines is 1. The SMILES string of the molecule is Cc1[nH]c2ccccc2c1C(=O)N1CCCN(C(=O)C2CCC2)CC1. The van der Waals surface area contributed by atoms with Gasteiger partial charge in [-0.3, -0.25) is 9.59 Å². The molecule has 1 aromatic carbocycles. The van der Waals surface area contributed by atoms with Crippen molar-refractivity contribution in [1.82, 2.24) is 14.8 Å². The van der Waals surface area contributed by atoms with Crippen LogP contribution < -0.4 is 0 Å². The molecular weight excluding hydrogens is 314 g/mol. The molecule has 132 valence electrons. The van der Waals surface area contributed by atoms with Crippen LogP contribution in [0.2, 0.25) is 0 Å². The molecule has 1 saturated heterocycles. The highest BCUT2D eigenvalue weighted by Crippen LogP contribution is 2.29. The van der Waals surface area contributed by atoms with Gasteiger partial charge in [-0.05, 0) is 32.3 Å².